The molecule has 3 nitrogen and oxygen atoms in total. The first-order valence-corrected chi connectivity index (χ1v) is 6.80. The normalized spacial score (nSPS) is 12.7. The van der Waals surface area contributed by atoms with Gasteiger partial charge in [-0.05, 0) is 45.9 Å². The monoisotopic (exact) mass is 257 g/mol. The lowest BCUT2D eigenvalue weighted by molar-refractivity contribution is 0.632. The first kappa shape index (κ1) is 13.8. The molecule has 19 heavy (non-hydrogen) atoms. The van der Waals surface area contributed by atoms with Crippen molar-refractivity contribution in [1.29, 1.82) is 0 Å². The van der Waals surface area contributed by atoms with Gasteiger partial charge in [0, 0.05) is 17.3 Å². The summed E-state index contributed by atoms with van der Waals surface area (Å²) in [5, 5.41) is 7.99. The fourth-order valence-corrected chi connectivity index (χ4v) is 2.58. The van der Waals surface area contributed by atoms with Gasteiger partial charge in [0.1, 0.15) is 0 Å². The average Bonchev–Trinajstić information content (AvgIpc) is 2.66. The molecule has 0 bridgehead atoms. The number of nitrogens with one attached hydrogen (secondary N) is 1. The van der Waals surface area contributed by atoms with E-state index in [0.717, 1.165) is 12.2 Å². The minimum atomic E-state index is 0.339. The predicted molar refractivity (Wildman–Crippen MR) is 79.5 cm³/mol. The minimum Gasteiger partial charge on any atom is -0.313 e. The van der Waals surface area contributed by atoms with Gasteiger partial charge in [0.15, 0.2) is 0 Å². The molecule has 2 aromatic rings. The highest BCUT2D eigenvalue weighted by atomic mass is 15.3. The van der Waals surface area contributed by atoms with E-state index in [1.165, 1.54) is 22.4 Å². The molecule has 0 amide bonds. The zero-order valence-corrected chi connectivity index (χ0v) is 12.5. The molecule has 102 valence electrons. The lowest BCUT2D eigenvalue weighted by atomic mass is 10.1. The molecule has 0 aliphatic rings. The van der Waals surface area contributed by atoms with Gasteiger partial charge in [-0.3, -0.25) is 4.68 Å². The maximum Gasteiger partial charge on any atom is 0.0665 e. The summed E-state index contributed by atoms with van der Waals surface area (Å²) in [7, 11) is 1.99. The second-order valence-corrected chi connectivity index (χ2v) is 5.18. The lowest BCUT2D eigenvalue weighted by Gasteiger charge is -2.12. The van der Waals surface area contributed by atoms with Gasteiger partial charge in [-0.25, -0.2) is 0 Å². The van der Waals surface area contributed by atoms with Gasteiger partial charge < -0.3 is 5.32 Å². The molecule has 0 aliphatic carbocycles. The molecule has 2 rings (SSSR count). The Morgan fingerprint density at radius 2 is 1.89 bits per heavy atom. The number of aryl methyl sites for hydroxylation is 2. The quantitative estimate of drug-likeness (QED) is 0.912. The Kier molecular flexibility index (Phi) is 4.05. The fraction of sp³-hybridized carbons (Fsp3) is 0.438. The molecular weight excluding hydrogens is 234 g/mol. The molecule has 0 saturated carbocycles. The summed E-state index contributed by atoms with van der Waals surface area (Å²) < 4.78 is 2.11. The summed E-state index contributed by atoms with van der Waals surface area (Å²) in [6.45, 7) is 9.41. The standard InChI is InChI=1S/C16H23N3/c1-11-8-6-7-9-15(11)10-19-14(4)16(12(2)17-5)13(3)18-19/h6-9,12,17H,10H2,1-5H3. The van der Waals surface area contributed by atoms with Crippen LogP contribution in [-0.2, 0) is 6.54 Å². The molecule has 1 aromatic carbocycles. The second kappa shape index (κ2) is 5.57. The zero-order chi connectivity index (χ0) is 14.0. The molecule has 1 atom stereocenters. The molecule has 0 spiro atoms. The highest BCUT2D eigenvalue weighted by Gasteiger charge is 2.16. The van der Waals surface area contributed by atoms with E-state index in [1.54, 1.807) is 0 Å². The molecule has 1 unspecified atom stereocenters. The molecule has 0 aliphatic heterocycles. The van der Waals surface area contributed by atoms with Gasteiger partial charge in [0.05, 0.1) is 12.2 Å². The largest absolute Gasteiger partial charge is 0.313 e. The van der Waals surface area contributed by atoms with Crippen LogP contribution in [0.25, 0.3) is 0 Å². The van der Waals surface area contributed by atoms with Gasteiger partial charge >= 0.3 is 0 Å². The summed E-state index contributed by atoms with van der Waals surface area (Å²) in [4.78, 5) is 0. The predicted octanol–water partition coefficient (Wildman–Crippen LogP) is 3.14. The summed E-state index contributed by atoms with van der Waals surface area (Å²) in [5.74, 6) is 0. The van der Waals surface area contributed by atoms with Gasteiger partial charge in [0.25, 0.3) is 0 Å². The highest BCUT2D eigenvalue weighted by molar-refractivity contribution is 5.30. The van der Waals surface area contributed by atoms with Crippen molar-refractivity contribution in [3.05, 3.63) is 52.3 Å². The SMILES string of the molecule is CNC(C)c1c(C)nn(Cc2ccccc2C)c1C. The van der Waals surface area contributed by atoms with Crippen LogP contribution in [0.2, 0.25) is 0 Å². The number of aromatic nitrogens is 2. The molecular formula is C16H23N3. The van der Waals surface area contributed by atoms with E-state index in [2.05, 4.69) is 62.0 Å². The molecule has 1 aromatic heterocycles. The number of hydrogen-bond donors (Lipinski definition) is 1. The third-order valence-electron chi connectivity index (χ3n) is 3.88. The van der Waals surface area contributed by atoms with Crippen molar-refractivity contribution in [3.8, 4) is 0 Å². The maximum atomic E-state index is 4.69. The van der Waals surface area contributed by atoms with E-state index in [1.807, 2.05) is 7.05 Å². The topological polar surface area (TPSA) is 29.9 Å². The molecule has 0 radical (unpaired) electrons. The maximum absolute atomic E-state index is 4.69. The van der Waals surface area contributed by atoms with Crippen LogP contribution in [0.15, 0.2) is 24.3 Å². The first-order chi connectivity index (χ1) is 9.04. The Hall–Kier alpha value is -1.61. The Labute approximate surface area is 115 Å². The number of nitrogens with zero attached hydrogens (tertiary/aromatic N) is 2. The van der Waals surface area contributed by atoms with E-state index in [-0.39, 0.29) is 0 Å². The van der Waals surface area contributed by atoms with Gasteiger partial charge in [-0.1, -0.05) is 24.3 Å². The number of benzene rings is 1. The second-order valence-electron chi connectivity index (χ2n) is 5.18. The minimum absolute atomic E-state index is 0.339. The third-order valence-corrected chi connectivity index (χ3v) is 3.88. The van der Waals surface area contributed by atoms with E-state index in [0.29, 0.717) is 6.04 Å². The van der Waals surface area contributed by atoms with Crippen LogP contribution < -0.4 is 5.32 Å². The summed E-state index contributed by atoms with van der Waals surface area (Å²) in [6, 6.07) is 8.83. The van der Waals surface area contributed by atoms with Crippen LogP contribution in [0, 0.1) is 20.8 Å². The molecule has 0 fully saturated rings. The van der Waals surface area contributed by atoms with Gasteiger partial charge in [-0.15, -0.1) is 0 Å². The van der Waals surface area contributed by atoms with Crippen LogP contribution in [0.1, 0.15) is 41.0 Å². The van der Waals surface area contributed by atoms with Crippen molar-refractivity contribution in [2.45, 2.75) is 40.3 Å². The Balaban J connectivity index is 2.35. The van der Waals surface area contributed by atoms with Crippen molar-refractivity contribution < 1.29 is 0 Å². The molecule has 0 saturated heterocycles. The Morgan fingerprint density at radius 3 is 2.53 bits per heavy atom. The smallest absolute Gasteiger partial charge is 0.0665 e. The van der Waals surface area contributed by atoms with Gasteiger partial charge in [0.2, 0.25) is 0 Å². The van der Waals surface area contributed by atoms with Crippen molar-refractivity contribution in [2.24, 2.45) is 0 Å². The van der Waals surface area contributed by atoms with Crippen molar-refractivity contribution in [3.63, 3.8) is 0 Å². The summed E-state index contributed by atoms with van der Waals surface area (Å²) in [5.41, 5.74) is 6.33. The Morgan fingerprint density at radius 1 is 1.21 bits per heavy atom. The van der Waals surface area contributed by atoms with E-state index in [9.17, 15) is 0 Å². The third kappa shape index (κ3) is 2.71. The molecule has 1 heterocycles. The van der Waals surface area contributed by atoms with Gasteiger partial charge in [-0.2, -0.15) is 5.10 Å². The van der Waals surface area contributed by atoms with E-state index >= 15 is 0 Å². The summed E-state index contributed by atoms with van der Waals surface area (Å²) >= 11 is 0. The van der Waals surface area contributed by atoms with Crippen molar-refractivity contribution >= 4 is 0 Å². The highest BCUT2D eigenvalue weighted by Crippen LogP contribution is 2.22. The summed E-state index contributed by atoms with van der Waals surface area (Å²) in [6.07, 6.45) is 0. The van der Waals surface area contributed by atoms with Crippen molar-refractivity contribution in [1.82, 2.24) is 15.1 Å². The zero-order valence-electron chi connectivity index (χ0n) is 12.5. The number of rotatable bonds is 4. The number of hydrogen-bond acceptors (Lipinski definition) is 2. The van der Waals surface area contributed by atoms with Crippen molar-refractivity contribution in [2.75, 3.05) is 7.05 Å². The van der Waals surface area contributed by atoms with E-state index in [4.69, 9.17) is 5.10 Å². The lowest BCUT2D eigenvalue weighted by Crippen LogP contribution is -2.14. The van der Waals surface area contributed by atoms with Crippen LogP contribution in [-0.4, -0.2) is 16.8 Å². The van der Waals surface area contributed by atoms with Crippen LogP contribution in [0.4, 0.5) is 0 Å². The van der Waals surface area contributed by atoms with Crippen LogP contribution >= 0.6 is 0 Å². The van der Waals surface area contributed by atoms with Crippen LogP contribution in [0.3, 0.4) is 0 Å². The van der Waals surface area contributed by atoms with E-state index < -0.39 is 0 Å². The Bertz CT molecular complexity index is 569. The molecule has 3 heteroatoms. The fourth-order valence-electron chi connectivity index (χ4n) is 2.58. The first-order valence-electron chi connectivity index (χ1n) is 6.80. The van der Waals surface area contributed by atoms with Crippen LogP contribution in [0.5, 0.6) is 0 Å². The average molecular weight is 257 g/mol. The molecule has 1 N–H and O–H groups in total.